The first-order chi connectivity index (χ1) is 12.4. The number of nitrogens with one attached hydrogen (secondary N) is 1. The normalized spacial score (nSPS) is 13.7. The number of carbonyl (C=O) groups excluding carboxylic acids is 1. The van der Waals surface area contributed by atoms with Gasteiger partial charge in [0.15, 0.2) is 0 Å². The average Bonchev–Trinajstić information content (AvgIpc) is 2.92. The molecule has 26 heavy (non-hydrogen) atoms. The Bertz CT molecular complexity index is 1010. The number of hydrogen-bond donors (Lipinski definition) is 2. The number of rotatable bonds is 2. The van der Waals surface area contributed by atoms with Crippen LogP contribution in [0.15, 0.2) is 18.2 Å². The van der Waals surface area contributed by atoms with Crippen molar-refractivity contribution in [2.24, 2.45) is 0 Å². The standard InChI is InChI=1S/C21H23N3OS/c1-11-8-12(2)18(13(3)9-11)24-20(25)19-17(22)15-10-14-6-4-5-7-16(14)23-21(15)26-19/h8-10H,4-7,22H2,1-3H3,(H,24,25). The number of nitrogen functional groups attached to an aromatic ring is 1. The van der Waals surface area contributed by atoms with Gasteiger partial charge in [0.25, 0.3) is 5.91 Å². The topological polar surface area (TPSA) is 68.0 Å². The summed E-state index contributed by atoms with van der Waals surface area (Å²) in [6.07, 6.45) is 4.46. The molecule has 4 rings (SSSR count). The van der Waals surface area contributed by atoms with E-state index in [9.17, 15) is 4.79 Å². The third-order valence-electron chi connectivity index (χ3n) is 5.12. The molecule has 1 amide bonds. The number of carbonyl (C=O) groups is 1. The number of anilines is 2. The lowest BCUT2D eigenvalue weighted by Crippen LogP contribution is -2.14. The monoisotopic (exact) mass is 365 g/mol. The largest absolute Gasteiger partial charge is 0.397 e. The molecule has 3 aromatic rings. The van der Waals surface area contributed by atoms with Gasteiger partial charge < -0.3 is 11.1 Å². The maximum Gasteiger partial charge on any atom is 0.267 e. The van der Waals surface area contributed by atoms with E-state index in [0.29, 0.717) is 10.6 Å². The van der Waals surface area contributed by atoms with E-state index < -0.39 is 0 Å². The minimum absolute atomic E-state index is 0.154. The molecule has 1 aliphatic carbocycles. The molecule has 0 unspecified atom stereocenters. The van der Waals surface area contributed by atoms with E-state index >= 15 is 0 Å². The summed E-state index contributed by atoms with van der Waals surface area (Å²) in [5.74, 6) is -0.154. The SMILES string of the molecule is Cc1cc(C)c(NC(=O)c2sc3nc4c(cc3c2N)CCCC4)c(C)c1. The smallest absolute Gasteiger partial charge is 0.267 e. The quantitative estimate of drug-likeness (QED) is 0.676. The highest BCUT2D eigenvalue weighted by Gasteiger charge is 2.21. The number of nitrogens with zero attached hydrogens (tertiary/aromatic N) is 1. The van der Waals surface area contributed by atoms with Crippen molar-refractivity contribution in [2.45, 2.75) is 46.5 Å². The fourth-order valence-electron chi connectivity index (χ4n) is 3.88. The van der Waals surface area contributed by atoms with Crippen molar-refractivity contribution < 1.29 is 4.79 Å². The predicted molar refractivity (Wildman–Crippen MR) is 109 cm³/mol. The maximum absolute atomic E-state index is 12.9. The summed E-state index contributed by atoms with van der Waals surface area (Å²) in [5, 5.41) is 3.97. The molecule has 0 bridgehead atoms. The minimum Gasteiger partial charge on any atom is -0.397 e. The molecule has 5 heteroatoms. The Morgan fingerprint density at radius 3 is 2.54 bits per heavy atom. The van der Waals surface area contributed by atoms with E-state index in [4.69, 9.17) is 10.7 Å². The number of pyridine rings is 1. The Balaban J connectivity index is 1.72. The highest BCUT2D eigenvalue weighted by atomic mass is 32.1. The second-order valence-electron chi connectivity index (χ2n) is 7.23. The van der Waals surface area contributed by atoms with Gasteiger partial charge in [-0.25, -0.2) is 4.98 Å². The van der Waals surface area contributed by atoms with Crippen LogP contribution in [0.25, 0.3) is 10.2 Å². The van der Waals surface area contributed by atoms with Crippen molar-refractivity contribution in [2.75, 3.05) is 11.1 Å². The van der Waals surface area contributed by atoms with E-state index in [1.165, 1.54) is 41.0 Å². The van der Waals surface area contributed by atoms with Crippen molar-refractivity contribution in [3.63, 3.8) is 0 Å². The van der Waals surface area contributed by atoms with Gasteiger partial charge in [-0.2, -0.15) is 0 Å². The highest BCUT2D eigenvalue weighted by Crippen LogP contribution is 2.36. The van der Waals surface area contributed by atoms with Crippen molar-refractivity contribution >= 4 is 38.8 Å². The number of aryl methyl sites for hydroxylation is 5. The maximum atomic E-state index is 12.9. The van der Waals surface area contributed by atoms with Crippen LogP contribution in [-0.2, 0) is 12.8 Å². The van der Waals surface area contributed by atoms with Crippen LogP contribution in [0, 0.1) is 20.8 Å². The molecule has 0 saturated heterocycles. The number of fused-ring (bicyclic) bond motifs is 2. The van der Waals surface area contributed by atoms with Gasteiger partial charge in [0.2, 0.25) is 0 Å². The van der Waals surface area contributed by atoms with Crippen LogP contribution in [0.3, 0.4) is 0 Å². The molecule has 0 radical (unpaired) electrons. The highest BCUT2D eigenvalue weighted by molar-refractivity contribution is 7.21. The van der Waals surface area contributed by atoms with E-state index in [0.717, 1.165) is 39.9 Å². The molecular formula is C21H23N3OS. The van der Waals surface area contributed by atoms with Gasteiger partial charge in [-0.3, -0.25) is 4.79 Å². The van der Waals surface area contributed by atoms with E-state index in [-0.39, 0.29) is 5.91 Å². The van der Waals surface area contributed by atoms with E-state index in [1.807, 2.05) is 13.8 Å². The van der Waals surface area contributed by atoms with Crippen molar-refractivity contribution in [3.05, 3.63) is 51.0 Å². The van der Waals surface area contributed by atoms with Crippen LogP contribution in [0.5, 0.6) is 0 Å². The Kier molecular flexibility index (Phi) is 4.19. The summed E-state index contributed by atoms with van der Waals surface area (Å²) in [6, 6.07) is 6.29. The average molecular weight is 366 g/mol. The summed E-state index contributed by atoms with van der Waals surface area (Å²) in [5.41, 5.74) is 13.5. The first-order valence-corrected chi connectivity index (χ1v) is 9.85. The summed E-state index contributed by atoms with van der Waals surface area (Å²) in [4.78, 5) is 19.1. The van der Waals surface area contributed by atoms with Crippen LogP contribution in [0.2, 0.25) is 0 Å². The summed E-state index contributed by atoms with van der Waals surface area (Å²) in [6.45, 7) is 6.09. The molecule has 1 aromatic carbocycles. The van der Waals surface area contributed by atoms with Gasteiger partial charge >= 0.3 is 0 Å². The minimum atomic E-state index is -0.154. The van der Waals surface area contributed by atoms with E-state index in [1.54, 1.807) is 0 Å². The molecule has 0 saturated carbocycles. The summed E-state index contributed by atoms with van der Waals surface area (Å²) >= 11 is 1.39. The Labute approximate surface area is 157 Å². The molecule has 4 nitrogen and oxygen atoms in total. The molecule has 0 atom stereocenters. The number of aromatic nitrogens is 1. The molecular weight excluding hydrogens is 342 g/mol. The zero-order valence-electron chi connectivity index (χ0n) is 15.4. The van der Waals surface area contributed by atoms with Gasteiger partial charge in [0.1, 0.15) is 9.71 Å². The molecule has 0 fully saturated rings. The molecule has 3 N–H and O–H groups in total. The van der Waals surface area contributed by atoms with Crippen LogP contribution in [0.1, 0.15) is 50.5 Å². The predicted octanol–water partition coefficient (Wildman–Crippen LogP) is 4.93. The van der Waals surface area contributed by atoms with Crippen molar-refractivity contribution in [3.8, 4) is 0 Å². The second-order valence-corrected chi connectivity index (χ2v) is 8.23. The fraction of sp³-hybridized carbons (Fsp3) is 0.333. The number of benzene rings is 1. The number of thiophene rings is 1. The van der Waals surface area contributed by atoms with Gasteiger partial charge in [-0.1, -0.05) is 17.7 Å². The second kappa shape index (κ2) is 6.40. The van der Waals surface area contributed by atoms with Crippen LogP contribution in [0.4, 0.5) is 11.4 Å². The lowest BCUT2D eigenvalue weighted by atomic mass is 9.95. The lowest BCUT2D eigenvalue weighted by molar-refractivity contribution is 0.103. The third-order valence-corrected chi connectivity index (χ3v) is 6.24. The molecule has 134 valence electrons. The lowest BCUT2D eigenvalue weighted by Gasteiger charge is -2.14. The molecule has 1 aliphatic rings. The Morgan fingerprint density at radius 1 is 1.12 bits per heavy atom. The van der Waals surface area contributed by atoms with Gasteiger partial charge in [0.05, 0.1) is 5.69 Å². The molecule has 2 aromatic heterocycles. The van der Waals surface area contributed by atoms with Crippen LogP contribution >= 0.6 is 11.3 Å². The summed E-state index contributed by atoms with van der Waals surface area (Å²) in [7, 11) is 0. The number of nitrogens with two attached hydrogens (primary N) is 1. The summed E-state index contributed by atoms with van der Waals surface area (Å²) < 4.78 is 0. The van der Waals surface area contributed by atoms with Crippen LogP contribution in [-0.4, -0.2) is 10.9 Å². The Hall–Kier alpha value is -2.40. The first kappa shape index (κ1) is 17.0. The molecule has 0 aliphatic heterocycles. The van der Waals surface area contributed by atoms with Crippen molar-refractivity contribution in [1.29, 1.82) is 0 Å². The molecule has 0 spiro atoms. The Morgan fingerprint density at radius 2 is 1.81 bits per heavy atom. The van der Waals surface area contributed by atoms with Gasteiger partial charge in [-0.05, 0) is 69.2 Å². The number of hydrogen-bond acceptors (Lipinski definition) is 4. The zero-order chi connectivity index (χ0) is 18.4. The zero-order valence-corrected chi connectivity index (χ0v) is 16.2. The molecule has 2 heterocycles. The van der Waals surface area contributed by atoms with Gasteiger partial charge in [-0.15, -0.1) is 11.3 Å². The van der Waals surface area contributed by atoms with E-state index in [2.05, 4.69) is 30.4 Å². The van der Waals surface area contributed by atoms with Gasteiger partial charge in [0, 0.05) is 16.8 Å². The third kappa shape index (κ3) is 2.86. The first-order valence-electron chi connectivity index (χ1n) is 9.04. The van der Waals surface area contributed by atoms with Crippen LogP contribution < -0.4 is 11.1 Å². The van der Waals surface area contributed by atoms with Crippen molar-refractivity contribution in [1.82, 2.24) is 4.98 Å². The fourth-order valence-corrected chi connectivity index (χ4v) is 4.87. The number of amides is 1.